The maximum absolute atomic E-state index is 12.2. The zero-order chi connectivity index (χ0) is 13.2. The normalized spacial score (nSPS) is 15.8. The van der Waals surface area contributed by atoms with Crippen LogP contribution in [0.4, 0.5) is 5.82 Å². The quantitative estimate of drug-likeness (QED) is 0.930. The minimum atomic E-state index is -0.0350. The third-order valence-corrected chi connectivity index (χ3v) is 4.67. The first-order valence-electron chi connectivity index (χ1n) is 6.64. The van der Waals surface area contributed by atoms with Crippen LogP contribution in [-0.4, -0.2) is 15.7 Å². The molecule has 1 saturated carbocycles. The predicted molar refractivity (Wildman–Crippen MR) is 76.7 cm³/mol. The molecule has 2 aromatic rings. The summed E-state index contributed by atoms with van der Waals surface area (Å²) in [5.41, 5.74) is 1.02. The third-order valence-electron chi connectivity index (χ3n) is 3.65. The van der Waals surface area contributed by atoms with Crippen molar-refractivity contribution < 1.29 is 4.79 Å². The van der Waals surface area contributed by atoms with Gasteiger partial charge in [-0.2, -0.15) is 5.10 Å². The molecule has 100 valence electrons. The van der Waals surface area contributed by atoms with E-state index in [2.05, 4.69) is 10.4 Å². The molecule has 0 aromatic carbocycles. The molecule has 5 heteroatoms. The number of carbonyl (C=O) groups excluding carboxylic acids is 1. The van der Waals surface area contributed by atoms with Crippen molar-refractivity contribution in [1.82, 2.24) is 9.78 Å². The third kappa shape index (κ3) is 2.42. The average molecular weight is 275 g/mol. The Bertz CT molecular complexity index is 581. The zero-order valence-electron chi connectivity index (χ0n) is 10.9. The summed E-state index contributed by atoms with van der Waals surface area (Å²) in [6.07, 6.45) is 6.57. The molecule has 1 fully saturated rings. The number of amides is 1. The van der Waals surface area contributed by atoms with Crippen LogP contribution in [-0.2, 0) is 0 Å². The van der Waals surface area contributed by atoms with Crippen LogP contribution < -0.4 is 5.32 Å². The fourth-order valence-electron chi connectivity index (χ4n) is 2.63. The van der Waals surface area contributed by atoms with E-state index in [0.29, 0.717) is 6.04 Å². The predicted octanol–water partition coefficient (Wildman–Crippen LogP) is 3.62. The van der Waals surface area contributed by atoms with Gasteiger partial charge in [0.1, 0.15) is 5.82 Å². The number of hydrogen-bond acceptors (Lipinski definition) is 3. The number of nitrogens with zero attached hydrogens (tertiary/aromatic N) is 2. The van der Waals surface area contributed by atoms with Gasteiger partial charge in [0.25, 0.3) is 5.91 Å². The van der Waals surface area contributed by atoms with E-state index in [1.54, 1.807) is 6.20 Å². The highest BCUT2D eigenvalue weighted by atomic mass is 32.1. The Hall–Kier alpha value is -1.62. The highest BCUT2D eigenvalue weighted by Gasteiger charge is 2.21. The lowest BCUT2D eigenvalue weighted by Gasteiger charge is -2.14. The van der Waals surface area contributed by atoms with Gasteiger partial charge < -0.3 is 5.32 Å². The SMILES string of the molecule is Cc1ccsc1C(=O)Nc1ccnn1C1CCCC1. The van der Waals surface area contributed by atoms with Crippen molar-refractivity contribution >= 4 is 23.1 Å². The molecule has 3 rings (SSSR count). The number of thiophene rings is 1. The number of carbonyl (C=O) groups is 1. The number of anilines is 1. The highest BCUT2D eigenvalue weighted by Crippen LogP contribution is 2.31. The summed E-state index contributed by atoms with van der Waals surface area (Å²) in [5.74, 6) is 0.775. The Morgan fingerprint density at radius 1 is 1.42 bits per heavy atom. The van der Waals surface area contributed by atoms with Crippen LogP contribution in [0.15, 0.2) is 23.7 Å². The van der Waals surface area contributed by atoms with Gasteiger partial charge >= 0.3 is 0 Å². The molecule has 0 radical (unpaired) electrons. The van der Waals surface area contributed by atoms with Gasteiger partial charge in [0.05, 0.1) is 17.1 Å². The highest BCUT2D eigenvalue weighted by molar-refractivity contribution is 7.12. The molecule has 2 aromatic heterocycles. The summed E-state index contributed by atoms with van der Waals surface area (Å²) in [5, 5.41) is 9.29. The lowest BCUT2D eigenvalue weighted by molar-refractivity contribution is 0.102. The molecule has 0 atom stereocenters. The number of nitrogens with one attached hydrogen (secondary N) is 1. The van der Waals surface area contributed by atoms with Gasteiger partial charge in [-0.3, -0.25) is 4.79 Å². The summed E-state index contributed by atoms with van der Waals surface area (Å²) in [7, 11) is 0. The molecule has 0 unspecified atom stereocenters. The summed E-state index contributed by atoms with van der Waals surface area (Å²) < 4.78 is 1.97. The van der Waals surface area contributed by atoms with Crippen LogP contribution in [0.5, 0.6) is 0 Å². The van der Waals surface area contributed by atoms with Crippen LogP contribution in [0.25, 0.3) is 0 Å². The Kier molecular flexibility index (Phi) is 3.38. The number of aromatic nitrogens is 2. The summed E-state index contributed by atoms with van der Waals surface area (Å²) in [6, 6.07) is 4.28. The van der Waals surface area contributed by atoms with Crippen molar-refractivity contribution in [3.8, 4) is 0 Å². The molecule has 1 N–H and O–H groups in total. The molecule has 1 aliphatic carbocycles. The van der Waals surface area contributed by atoms with Crippen molar-refractivity contribution in [2.24, 2.45) is 0 Å². The first kappa shape index (κ1) is 12.4. The Balaban J connectivity index is 1.78. The topological polar surface area (TPSA) is 46.9 Å². The average Bonchev–Trinajstić information content (AvgIpc) is 3.07. The molecule has 0 bridgehead atoms. The van der Waals surface area contributed by atoms with Crippen molar-refractivity contribution in [3.05, 3.63) is 34.2 Å². The van der Waals surface area contributed by atoms with E-state index in [4.69, 9.17) is 0 Å². The molecular weight excluding hydrogens is 258 g/mol. The van der Waals surface area contributed by atoms with Crippen LogP contribution in [0, 0.1) is 6.92 Å². The van der Waals surface area contributed by atoms with Crippen LogP contribution >= 0.6 is 11.3 Å². The first-order valence-corrected chi connectivity index (χ1v) is 7.52. The van der Waals surface area contributed by atoms with E-state index < -0.39 is 0 Å². The Morgan fingerprint density at radius 2 is 2.21 bits per heavy atom. The second-order valence-corrected chi connectivity index (χ2v) is 5.90. The van der Waals surface area contributed by atoms with Gasteiger partial charge in [0.15, 0.2) is 0 Å². The van der Waals surface area contributed by atoms with Crippen molar-refractivity contribution in [3.63, 3.8) is 0 Å². The van der Waals surface area contributed by atoms with Gasteiger partial charge in [0, 0.05) is 6.07 Å². The monoisotopic (exact) mass is 275 g/mol. The fourth-order valence-corrected chi connectivity index (χ4v) is 3.45. The standard InChI is InChI=1S/C14H17N3OS/c1-10-7-9-19-13(10)14(18)16-12-6-8-15-17(12)11-4-2-3-5-11/h6-9,11H,2-5H2,1H3,(H,16,18). The van der Waals surface area contributed by atoms with Crippen molar-refractivity contribution in [2.45, 2.75) is 38.6 Å². The van der Waals surface area contributed by atoms with E-state index in [1.807, 2.05) is 29.1 Å². The smallest absolute Gasteiger partial charge is 0.267 e. The fraction of sp³-hybridized carbons (Fsp3) is 0.429. The van der Waals surface area contributed by atoms with E-state index >= 15 is 0 Å². The van der Waals surface area contributed by atoms with Gasteiger partial charge in [-0.15, -0.1) is 11.3 Å². The van der Waals surface area contributed by atoms with E-state index in [-0.39, 0.29) is 5.91 Å². The second-order valence-electron chi connectivity index (χ2n) is 4.99. The number of rotatable bonds is 3. The molecule has 1 aliphatic rings. The molecule has 0 spiro atoms. The van der Waals surface area contributed by atoms with Gasteiger partial charge in [-0.1, -0.05) is 12.8 Å². The largest absolute Gasteiger partial charge is 0.306 e. The van der Waals surface area contributed by atoms with Crippen molar-refractivity contribution in [2.75, 3.05) is 5.32 Å². The van der Waals surface area contributed by atoms with E-state index in [9.17, 15) is 4.79 Å². The Morgan fingerprint density at radius 3 is 2.89 bits per heavy atom. The molecule has 19 heavy (non-hydrogen) atoms. The lowest BCUT2D eigenvalue weighted by Crippen LogP contribution is -2.17. The zero-order valence-corrected chi connectivity index (χ0v) is 11.7. The maximum Gasteiger partial charge on any atom is 0.267 e. The lowest BCUT2D eigenvalue weighted by atomic mass is 10.2. The minimum absolute atomic E-state index is 0.0350. The molecule has 0 aliphatic heterocycles. The Labute approximate surface area is 116 Å². The molecule has 4 nitrogen and oxygen atoms in total. The number of aryl methyl sites for hydroxylation is 1. The van der Waals surface area contributed by atoms with E-state index in [1.165, 1.54) is 24.2 Å². The van der Waals surface area contributed by atoms with Gasteiger partial charge in [0.2, 0.25) is 0 Å². The molecular formula is C14H17N3OS. The summed E-state index contributed by atoms with van der Waals surface area (Å²) in [6.45, 7) is 1.96. The summed E-state index contributed by atoms with van der Waals surface area (Å²) in [4.78, 5) is 13.0. The van der Waals surface area contributed by atoms with Crippen LogP contribution in [0.1, 0.15) is 47.0 Å². The first-order chi connectivity index (χ1) is 9.25. The molecule has 0 saturated heterocycles. The van der Waals surface area contributed by atoms with Crippen LogP contribution in [0.2, 0.25) is 0 Å². The van der Waals surface area contributed by atoms with Gasteiger partial charge in [-0.05, 0) is 36.8 Å². The van der Waals surface area contributed by atoms with Crippen LogP contribution in [0.3, 0.4) is 0 Å². The van der Waals surface area contributed by atoms with Crippen molar-refractivity contribution in [1.29, 1.82) is 0 Å². The summed E-state index contributed by atoms with van der Waals surface area (Å²) >= 11 is 1.48. The van der Waals surface area contributed by atoms with E-state index in [0.717, 1.165) is 29.1 Å². The van der Waals surface area contributed by atoms with Gasteiger partial charge in [-0.25, -0.2) is 4.68 Å². The maximum atomic E-state index is 12.2. The minimum Gasteiger partial charge on any atom is -0.306 e. The molecule has 2 heterocycles. The number of hydrogen-bond donors (Lipinski definition) is 1. The second kappa shape index (κ2) is 5.17. The molecule has 1 amide bonds.